The van der Waals surface area contributed by atoms with Crippen molar-refractivity contribution >= 4 is 27.6 Å². The van der Waals surface area contributed by atoms with Crippen molar-refractivity contribution in [2.45, 2.75) is 44.2 Å². The number of carbonyl (C=O) groups excluding carboxylic acids is 2. The molecule has 0 fully saturated rings. The van der Waals surface area contributed by atoms with Gasteiger partial charge in [0.15, 0.2) is 6.10 Å². The third-order valence-electron chi connectivity index (χ3n) is 3.79. The lowest BCUT2D eigenvalue weighted by molar-refractivity contribution is -0.152. The minimum Gasteiger partial charge on any atom is -0.508 e. The Balaban J connectivity index is 1.91. The summed E-state index contributed by atoms with van der Waals surface area (Å²) in [6.45, 7) is 4.88. The van der Waals surface area contributed by atoms with Gasteiger partial charge in [-0.05, 0) is 62.7 Å². The minimum atomic E-state index is -3.62. The smallest absolute Gasteiger partial charge is 0.311 e. The van der Waals surface area contributed by atoms with E-state index in [4.69, 9.17) is 4.74 Å². The molecule has 8 nitrogen and oxygen atoms in total. The first-order valence-electron chi connectivity index (χ1n) is 8.97. The fraction of sp³-hybridized carbons (Fsp3) is 0.300. The van der Waals surface area contributed by atoms with Gasteiger partial charge in [-0.15, -0.1) is 0 Å². The summed E-state index contributed by atoms with van der Waals surface area (Å²) in [5.74, 6) is -1.03. The predicted molar refractivity (Wildman–Crippen MR) is 108 cm³/mol. The van der Waals surface area contributed by atoms with Gasteiger partial charge in [-0.1, -0.05) is 12.1 Å². The Bertz CT molecular complexity index is 953. The van der Waals surface area contributed by atoms with Crippen LogP contribution >= 0.6 is 0 Å². The number of nitrogens with one attached hydrogen (secondary N) is 2. The van der Waals surface area contributed by atoms with Crippen molar-refractivity contribution in [2.24, 2.45) is 0 Å². The quantitative estimate of drug-likeness (QED) is 0.563. The van der Waals surface area contributed by atoms with E-state index in [-0.39, 0.29) is 23.1 Å². The maximum atomic E-state index is 12.2. The zero-order chi connectivity index (χ0) is 21.6. The fourth-order valence-corrected chi connectivity index (χ4v) is 3.66. The number of esters is 1. The van der Waals surface area contributed by atoms with Crippen LogP contribution in [-0.4, -0.2) is 37.5 Å². The zero-order valence-electron chi connectivity index (χ0n) is 16.4. The van der Waals surface area contributed by atoms with Crippen LogP contribution in [0.2, 0.25) is 0 Å². The third kappa shape index (κ3) is 6.88. The summed E-state index contributed by atoms with van der Waals surface area (Å²) in [5.41, 5.74) is 1.02. The molecule has 0 bridgehead atoms. The monoisotopic (exact) mass is 420 g/mol. The summed E-state index contributed by atoms with van der Waals surface area (Å²) >= 11 is 0. The Labute approximate surface area is 169 Å². The molecule has 3 N–H and O–H groups in total. The van der Waals surface area contributed by atoms with E-state index in [1.165, 1.54) is 43.3 Å². The SMILES string of the molecule is CC(C)NS(=O)(=O)c1ccc(NC(=O)[C@H](C)OC(=O)Cc2ccc(O)cc2)cc1. The molecule has 2 aromatic rings. The van der Waals surface area contributed by atoms with Crippen molar-refractivity contribution in [3.63, 3.8) is 0 Å². The molecule has 2 rings (SSSR count). The van der Waals surface area contributed by atoms with Crippen LogP contribution in [0.15, 0.2) is 53.4 Å². The van der Waals surface area contributed by atoms with Gasteiger partial charge >= 0.3 is 5.97 Å². The van der Waals surface area contributed by atoms with Gasteiger partial charge in [0.05, 0.1) is 11.3 Å². The molecule has 0 radical (unpaired) electrons. The number of amides is 1. The van der Waals surface area contributed by atoms with Crippen LogP contribution < -0.4 is 10.0 Å². The number of ether oxygens (including phenoxy) is 1. The highest BCUT2D eigenvalue weighted by Gasteiger charge is 2.19. The van der Waals surface area contributed by atoms with E-state index in [2.05, 4.69) is 10.0 Å². The molecule has 156 valence electrons. The Morgan fingerprint density at radius 3 is 2.14 bits per heavy atom. The number of sulfonamides is 1. The van der Waals surface area contributed by atoms with E-state index in [9.17, 15) is 23.1 Å². The average Bonchev–Trinajstić information content (AvgIpc) is 2.63. The van der Waals surface area contributed by atoms with Gasteiger partial charge < -0.3 is 15.2 Å². The number of rotatable bonds is 8. The van der Waals surface area contributed by atoms with Crippen LogP contribution in [0.5, 0.6) is 5.75 Å². The summed E-state index contributed by atoms with van der Waals surface area (Å²) in [5, 5.41) is 11.8. The maximum Gasteiger partial charge on any atom is 0.311 e. The van der Waals surface area contributed by atoms with E-state index in [1.54, 1.807) is 26.0 Å². The number of benzene rings is 2. The number of carbonyl (C=O) groups is 2. The number of anilines is 1. The Hall–Kier alpha value is -2.91. The Morgan fingerprint density at radius 1 is 1.00 bits per heavy atom. The largest absolute Gasteiger partial charge is 0.508 e. The summed E-state index contributed by atoms with van der Waals surface area (Å²) < 4.78 is 31.8. The average molecular weight is 420 g/mol. The molecule has 1 amide bonds. The van der Waals surface area contributed by atoms with Crippen molar-refractivity contribution in [3.05, 3.63) is 54.1 Å². The van der Waals surface area contributed by atoms with Crippen LogP contribution in [0.4, 0.5) is 5.69 Å². The van der Waals surface area contributed by atoms with Crippen LogP contribution in [0, 0.1) is 0 Å². The molecule has 2 aromatic carbocycles. The molecule has 29 heavy (non-hydrogen) atoms. The molecule has 0 spiro atoms. The van der Waals surface area contributed by atoms with Crippen molar-refractivity contribution in [2.75, 3.05) is 5.32 Å². The molecular formula is C20H24N2O6S. The summed E-state index contributed by atoms with van der Waals surface area (Å²) in [4.78, 5) is 24.3. The predicted octanol–water partition coefficient (Wildman–Crippen LogP) is 2.19. The van der Waals surface area contributed by atoms with Gasteiger partial charge in [-0.25, -0.2) is 13.1 Å². The molecule has 0 saturated carbocycles. The lowest BCUT2D eigenvalue weighted by Gasteiger charge is -2.14. The van der Waals surface area contributed by atoms with Crippen LogP contribution in [0.1, 0.15) is 26.3 Å². The molecule has 1 atom stereocenters. The molecule has 0 unspecified atom stereocenters. The van der Waals surface area contributed by atoms with Crippen LogP contribution in [0.25, 0.3) is 0 Å². The maximum absolute atomic E-state index is 12.2. The fourth-order valence-electron chi connectivity index (χ4n) is 2.41. The second-order valence-electron chi connectivity index (χ2n) is 6.76. The third-order valence-corrected chi connectivity index (χ3v) is 5.46. The van der Waals surface area contributed by atoms with Crippen molar-refractivity contribution < 1.29 is 27.9 Å². The number of phenols is 1. The summed E-state index contributed by atoms with van der Waals surface area (Å²) in [6, 6.07) is 11.5. The first-order chi connectivity index (χ1) is 13.6. The Kier molecular flexibility index (Phi) is 7.35. The molecule has 0 aliphatic rings. The normalized spacial score (nSPS) is 12.4. The minimum absolute atomic E-state index is 0.0344. The van der Waals surface area contributed by atoms with E-state index < -0.39 is 28.0 Å². The number of phenolic OH excluding ortho intramolecular Hbond substituents is 1. The van der Waals surface area contributed by atoms with E-state index in [0.717, 1.165) is 0 Å². The van der Waals surface area contributed by atoms with E-state index >= 15 is 0 Å². The van der Waals surface area contributed by atoms with Crippen molar-refractivity contribution in [1.29, 1.82) is 0 Å². The standard InChI is InChI=1S/C20H24N2O6S/c1-13(2)22-29(26,27)18-10-6-16(7-11-18)21-20(25)14(3)28-19(24)12-15-4-8-17(23)9-5-15/h4-11,13-14,22-23H,12H2,1-3H3,(H,21,25)/t14-/m0/s1. The van der Waals surface area contributed by atoms with Crippen LogP contribution in [0.3, 0.4) is 0 Å². The van der Waals surface area contributed by atoms with Gasteiger partial charge in [0.1, 0.15) is 5.75 Å². The van der Waals surface area contributed by atoms with Gasteiger partial charge in [0, 0.05) is 11.7 Å². The first-order valence-corrected chi connectivity index (χ1v) is 10.5. The topological polar surface area (TPSA) is 122 Å². The number of hydrogen-bond acceptors (Lipinski definition) is 6. The van der Waals surface area contributed by atoms with Gasteiger partial charge in [-0.2, -0.15) is 0 Å². The van der Waals surface area contributed by atoms with Crippen molar-refractivity contribution in [1.82, 2.24) is 4.72 Å². The molecular weight excluding hydrogens is 396 g/mol. The highest BCUT2D eigenvalue weighted by atomic mass is 32.2. The second kappa shape index (κ2) is 9.53. The van der Waals surface area contributed by atoms with Gasteiger partial charge in [-0.3, -0.25) is 9.59 Å². The number of aromatic hydroxyl groups is 1. The van der Waals surface area contributed by atoms with Crippen molar-refractivity contribution in [3.8, 4) is 5.75 Å². The lowest BCUT2D eigenvalue weighted by Crippen LogP contribution is -2.31. The molecule has 0 aromatic heterocycles. The first kappa shape index (κ1) is 22.4. The highest BCUT2D eigenvalue weighted by molar-refractivity contribution is 7.89. The highest BCUT2D eigenvalue weighted by Crippen LogP contribution is 2.15. The van der Waals surface area contributed by atoms with E-state index in [1.807, 2.05) is 0 Å². The summed E-state index contributed by atoms with van der Waals surface area (Å²) in [6.07, 6.45) is -1.07. The van der Waals surface area contributed by atoms with E-state index in [0.29, 0.717) is 11.3 Å². The van der Waals surface area contributed by atoms with Gasteiger partial charge in [0.25, 0.3) is 5.91 Å². The molecule has 0 aliphatic heterocycles. The zero-order valence-corrected chi connectivity index (χ0v) is 17.2. The molecule has 0 saturated heterocycles. The van der Waals surface area contributed by atoms with Gasteiger partial charge in [0.2, 0.25) is 10.0 Å². The van der Waals surface area contributed by atoms with Crippen LogP contribution in [-0.2, 0) is 30.8 Å². The Morgan fingerprint density at radius 2 is 1.59 bits per heavy atom. The summed E-state index contributed by atoms with van der Waals surface area (Å²) in [7, 11) is -3.62. The second-order valence-corrected chi connectivity index (χ2v) is 8.48. The molecule has 0 aliphatic carbocycles. The number of hydrogen-bond donors (Lipinski definition) is 3. The molecule has 0 heterocycles. The molecule has 9 heteroatoms. The lowest BCUT2D eigenvalue weighted by atomic mass is 10.1.